The molecule has 1 aromatic heterocycles. The van der Waals surface area contributed by atoms with Crippen LogP contribution < -0.4 is 11.3 Å². The van der Waals surface area contributed by atoms with Gasteiger partial charge in [-0.2, -0.15) is 0 Å². The zero-order valence-corrected chi connectivity index (χ0v) is 12.3. The Morgan fingerprint density at radius 1 is 1.10 bits per heavy atom. The van der Waals surface area contributed by atoms with Gasteiger partial charge in [0.2, 0.25) is 5.95 Å². The first-order valence-corrected chi connectivity index (χ1v) is 8.09. The Bertz CT molecular complexity index is 466. The van der Waals surface area contributed by atoms with Gasteiger partial charge >= 0.3 is 0 Å². The highest BCUT2D eigenvalue weighted by molar-refractivity contribution is 5.22. The monoisotopic (exact) mass is 275 g/mol. The standard InChI is InChI=1S/C15H25N5/c1-20-14(18-19-15(20)17-16)3-2-13-11-5-9-4-10(7-11)8-12(13)6-9/h9-13H,2-8,16H2,1H3,(H,17,19). The first-order chi connectivity index (χ1) is 9.74. The van der Waals surface area contributed by atoms with E-state index in [1.807, 2.05) is 11.6 Å². The molecule has 4 saturated carbocycles. The maximum atomic E-state index is 5.42. The third-order valence-corrected chi connectivity index (χ3v) is 6.22. The Labute approximate surface area is 120 Å². The molecule has 110 valence electrons. The molecule has 1 heterocycles. The molecule has 1 aromatic rings. The Morgan fingerprint density at radius 2 is 1.75 bits per heavy atom. The van der Waals surface area contributed by atoms with Crippen LogP contribution in [0, 0.1) is 29.6 Å². The van der Waals surface area contributed by atoms with Gasteiger partial charge in [0.1, 0.15) is 5.82 Å². The molecule has 0 aromatic carbocycles. The summed E-state index contributed by atoms with van der Waals surface area (Å²) in [5, 5.41) is 8.33. The zero-order valence-electron chi connectivity index (χ0n) is 12.3. The van der Waals surface area contributed by atoms with Gasteiger partial charge in [-0.05, 0) is 68.1 Å². The van der Waals surface area contributed by atoms with Crippen LogP contribution in [0.2, 0.25) is 0 Å². The average Bonchev–Trinajstić information content (AvgIpc) is 2.78. The molecule has 0 amide bonds. The molecule has 5 nitrogen and oxygen atoms in total. The highest BCUT2D eigenvalue weighted by atomic mass is 15.4. The second kappa shape index (κ2) is 4.72. The number of nitrogens with two attached hydrogens (primary N) is 1. The van der Waals surface area contributed by atoms with Crippen LogP contribution in [0.1, 0.15) is 44.3 Å². The Kier molecular flexibility index (Phi) is 2.98. The van der Waals surface area contributed by atoms with E-state index in [9.17, 15) is 0 Å². The van der Waals surface area contributed by atoms with E-state index in [4.69, 9.17) is 5.84 Å². The van der Waals surface area contributed by atoms with Gasteiger partial charge in [0.25, 0.3) is 0 Å². The molecule has 20 heavy (non-hydrogen) atoms. The summed E-state index contributed by atoms with van der Waals surface area (Å²) in [5.41, 5.74) is 2.59. The van der Waals surface area contributed by atoms with E-state index in [1.165, 1.54) is 38.5 Å². The third-order valence-electron chi connectivity index (χ3n) is 6.22. The van der Waals surface area contributed by atoms with Gasteiger partial charge < -0.3 is 0 Å². The molecule has 4 bridgehead atoms. The van der Waals surface area contributed by atoms with Crippen molar-refractivity contribution in [2.45, 2.75) is 44.9 Å². The third kappa shape index (κ3) is 1.94. The molecular weight excluding hydrogens is 250 g/mol. The molecule has 4 aliphatic rings. The van der Waals surface area contributed by atoms with Gasteiger partial charge in [-0.1, -0.05) is 0 Å². The number of aromatic nitrogens is 3. The molecule has 4 fully saturated rings. The molecule has 0 spiro atoms. The molecule has 0 radical (unpaired) electrons. The van der Waals surface area contributed by atoms with Gasteiger partial charge in [-0.25, -0.2) is 5.84 Å². The lowest BCUT2D eigenvalue weighted by molar-refractivity contribution is -0.0396. The maximum absolute atomic E-state index is 5.42. The van der Waals surface area contributed by atoms with Crippen molar-refractivity contribution in [2.24, 2.45) is 42.5 Å². The van der Waals surface area contributed by atoms with Crippen molar-refractivity contribution < 1.29 is 0 Å². The lowest BCUT2D eigenvalue weighted by Gasteiger charge is -2.54. The summed E-state index contributed by atoms with van der Waals surface area (Å²) >= 11 is 0. The van der Waals surface area contributed by atoms with Gasteiger partial charge in [-0.15, -0.1) is 10.2 Å². The highest BCUT2D eigenvalue weighted by Crippen LogP contribution is 2.57. The molecular formula is C15H25N5. The van der Waals surface area contributed by atoms with Crippen molar-refractivity contribution in [3.8, 4) is 0 Å². The van der Waals surface area contributed by atoms with Crippen LogP contribution in [0.25, 0.3) is 0 Å². The normalized spacial score (nSPS) is 38.4. The number of aryl methyl sites for hydroxylation is 1. The number of hydrogen-bond acceptors (Lipinski definition) is 4. The molecule has 0 aliphatic heterocycles. The minimum atomic E-state index is 0.657. The van der Waals surface area contributed by atoms with Crippen LogP contribution in [-0.2, 0) is 13.5 Å². The Hall–Kier alpha value is -1.10. The zero-order chi connectivity index (χ0) is 13.7. The number of nitrogens with one attached hydrogen (secondary N) is 1. The van der Waals surface area contributed by atoms with Crippen molar-refractivity contribution in [3.05, 3.63) is 5.82 Å². The van der Waals surface area contributed by atoms with E-state index in [0.717, 1.165) is 41.8 Å². The molecule has 5 heteroatoms. The fourth-order valence-corrected chi connectivity index (χ4v) is 5.51. The second-order valence-electron chi connectivity index (χ2n) is 7.28. The van der Waals surface area contributed by atoms with E-state index < -0.39 is 0 Å². The van der Waals surface area contributed by atoms with E-state index in [2.05, 4.69) is 15.6 Å². The average molecular weight is 275 g/mol. The van der Waals surface area contributed by atoms with Gasteiger partial charge in [0.15, 0.2) is 0 Å². The lowest BCUT2D eigenvalue weighted by Crippen LogP contribution is -2.45. The first kappa shape index (κ1) is 12.6. The summed E-state index contributed by atoms with van der Waals surface area (Å²) in [6.07, 6.45) is 9.88. The minimum Gasteiger partial charge on any atom is -0.300 e. The van der Waals surface area contributed by atoms with Crippen molar-refractivity contribution in [1.29, 1.82) is 0 Å². The largest absolute Gasteiger partial charge is 0.300 e. The predicted molar refractivity (Wildman–Crippen MR) is 77.7 cm³/mol. The molecule has 3 N–H and O–H groups in total. The molecule has 5 rings (SSSR count). The summed E-state index contributed by atoms with van der Waals surface area (Å²) in [5.74, 6) is 12.2. The maximum Gasteiger partial charge on any atom is 0.238 e. The number of hydrazine groups is 1. The summed E-state index contributed by atoms with van der Waals surface area (Å²) in [6, 6.07) is 0. The van der Waals surface area contributed by atoms with E-state index in [1.54, 1.807) is 0 Å². The molecule has 0 unspecified atom stereocenters. The van der Waals surface area contributed by atoms with Crippen molar-refractivity contribution in [3.63, 3.8) is 0 Å². The lowest BCUT2D eigenvalue weighted by atomic mass is 9.51. The van der Waals surface area contributed by atoms with Crippen molar-refractivity contribution >= 4 is 5.95 Å². The van der Waals surface area contributed by atoms with Crippen molar-refractivity contribution in [1.82, 2.24) is 14.8 Å². The highest BCUT2D eigenvalue weighted by Gasteiger charge is 2.47. The number of anilines is 1. The summed E-state index contributed by atoms with van der Waals surface area (Å²) in [4.78, 5) is 0. The van der Waals surface area contributed by atoms with Crippen LogP contribution in [0.15, 0.2) is 0 Å². The second-order valence-corrected chi connectivity index (χ2v) is 7.28. The number of nitrogen functional groups attached to an aromatic ring is 1. The van der Waals surface area contributed by atoms with Crippen molar-refractivity contribution in [2.75, 3.05) is 5.43 Å². The SMILES string of the molecule is Cn1c(CCC2C3CC4CC(C3)CC2C4)nnc1NN. The van der Waals surface area contributed by atoms with E-state index in [0.29, 0.717) is 5.95 Å². The topological polar surface area (TPSA) is 68.8 Å². The molecule has 0 saturated heterocycles. The molecule has 4 aliphatic carbocycles. The number of nitrogens with zero attached hydrogens (tertiary/aromatic N) is 3. The molecule has 0 atom stereocenters. The van der Waals surface area contributed by atoms with Crippen LogP contribution in [0.5, 0.6) is 0 Å². The van der Waals surface area contributed by atoms with E-state index in [-0.39, 0.29) is 0 Å². The van der Waals surface area contributed by atoms with Crippen LogP contribution in [0.4, 0.5) is 5.95 Å². The van der Waals surface area contributed by atoms with Crippen LogP contribution in [0.3, 0.4) is 0 Å². The Morgan fingerprint density at radius 3 is 2.30 bits per heavy atom. The number of hydrogen-bond donors (Lipinski definition) is 2. The first-order valence-electron chi connectivity index (χ1n) is 8.09. The minimum absolute atomic E-state index is 0.657. The fraction of sp³-hybridized carbons (Fsp3) is 0.867. The van der Waals surface area contributed by atoms with Crippen LogP contribution in [-0.4, -0.2) is 14.8 Å². The summed E-state index contributed by atoms with van der Waals surface area (Å²) < 4.78 is 1.98. The number of rotatable bonds is 4. The fourth-order valence-electron chi connectivity index (χ4n) is 5.51. The quantitative estimate of drug-likeness (QED) is 0.652. The predicted octanol–water partition coefficient (Wildman–Crippen LogP) is 2.11. The van der Waals surface area contributed by atoms with E-state index >= 15 is 0 Å². The summed E-state index contributed by atoms with van der Waals surface area (Å²) in [7, 11) is 1.99. The van der Waals surface area contributed by atoms with Gasteiger partial charge in [0, 0.05) is 13.5 Å². The Balaban J connectivity index is 1.43. The van der Waals surface area contributed by atoms with Gasteiger partial charge in [0.05, 0.1) is 0 Å². The smallest absolute Gasteiger partial charge is 0.238 e. The summed E-state index contributed by atoms with van der Waals surface area (Å²) in [6.45, 7) is 0. The van der Waals surface area contributed by atoms with Crippen LogP contribution >= 0.6 is 0 Å². The van der Waals surface area contributed by atoms with Gasteiger partial charge in [-0.3, -0.25) is 9.99 Å².